The molecule has 2 N–H and O–H groups in total. The number of benzene rings is 1. The van der Waals surface area contributed by atoms with Crippen molar-refractivity contribution >= 4 is 28.1 Å². The first kappa shape index (κ1) is 16.0. The van der Waals surface area contributed by atoms with E-state index in [-0.39, 0.29) is 16.9 Å². The molecule has 0 spiro atoms. The molecule has 0 unspecified atom stereocenters. The van der Waals surface area contributed by atoms with Gasteiger partial charge in [-0.2, -0.15) is 0 Å². The Labute approximate surface area is 147 Å². The van der Waals surface area contributed by atoms with Crippen molar-refractivity contribution in [2.75, 3.05) is 12.4 Å². The number of pyridine rings is 1. The Bertz CT molecular complexity index is 1170. The smallest absolute Gasteiger partial charge is 0.265 e. The molecule has 0 atom stereocenters. The number of ether oxygens (including phenoxy) is 1. The van der Waals surface area contributed by atoms with Gasteiger partial charge in [0.25, 0.3) is 5.56 Å². The lowest BCUT2D eigenvalue weighted by atomic mass is 10.2. The molecule has 0 radical (unpaired) electrons. The van der Waals surface area contributed by atoms with Crippen LogP contribution < -0.4 is 15.6 Å². The average molecular weight is 349 g/mol. The van der Waals surface area contributed by atoms with Crippen LogP contribution in [-0.2, 0) is 6.61 Å². The quantitative estimate of drug-likeness (QED) is 0.580. The van der Waals surface area contributed by atoms with Crippen molar-refractivity contribution < 1.29 is 9.84 Å². The second-order valence-corrected chi connectivity index (χ2v) is 5.59. The van der Waals surface area contributed by atoms with Crippen LogP contribution >= 0.6 is 0 Å². The fourth-order valence-corrected chi connectivity index (χ4v) is 2.78. The largest absolute Gasteiger partial charge is 0.493 e. The van der Waals surface area contributed by atoms with Crippen LogP contribution in [0.25, 0.3) is 16.6 Å². The molecule has 3 aromatic heterocycles. The van der Waals surface area contributed by atoms with Gasteiger partial charge in [0, 0.05) is 23.5 Å². The van der Waals surface area contributed by atoms with Crippen LogP contribution in [0.2, 0.25) is 0 Å². The molecule has 0 bridgehead atoms. The number of aliphatic hydroxyl groups excluding tert-OH is 1. The summed E-state index contributed by atoms with van der Waals surface area (Å²) in [6.45, 7) is -0.439. The summed E-state index contributed by atoms with van der Waals surface area (Å²) in [7, 11) is 1.51. The minimum Gasteiger partial charge on any atom is -0.493 e. The first-order valence-electron chi connectivity index (χ1n) is 7.87. The van der Waals surface area contributed by atoms with E-state index in [9.17, 15) is 9.90 Å². The number of hydrogen-bond donors (Lipinski definition) is 2. The first-order valence-corrected chi connectivity index (χ1v) is 7.87. The molecule has 4 aromatic rings. The van der Waals surface area contributed by atoms with Crippen molar-refractivity contribution in [3.05, 3.63) is 65.0 Å². The van der Waals surface area contributed by atoms with Gasteiger partial charge in [-0.3, -0.25) is 9.20 Å². The molecule has 1 aromatic carbocycles. The lowest BCUT2D eigenvalue weighted by molar-refractivity contribution is 0.280. The molecule has 0 saturated carbocycles. The van der Waals surface area contributed by atoms with Crippen LogP contribution in [0.15, 0.2) is 53.8 Å². The molecule has 26 heavy (non-hydrogen) atoms. The summed E-state index contributed by atoms with van der Waals surface area (Å²) in [5.41, 5.74) is 1.68. The van der Waals surface area contributed by atoms with Crippen LogP contribution in [0.1, 0.15) is 5.56 Å². The number of nitrogens with zero attached hydrogens (tertiary/aromatic N) is 4. The zero-order valence-corrected chi connectivity index (χ0v) is 13.9. The summed E-state index contributed by atoms with van der Waals surface area (Å²) in [4.78, 5) is 25.4. The number of hydrogen-bond acceptors (Lipinski definition) is 7. The Balaban J connectivity index is 1.87. The Morgan fingerprint density at radius 2 is 2.19 bits per heavy atom. The van der Waals surface area contributed by atoms with Gasteiger partial charge in [0.15, 0.2) is 11.4 Å². The Hall–Kier alpha value is -3.52. The van der Waals surface area contributed by atoms with Crippen molar-refractivity contribution in [3.63, 3.8) is 0 Å². The van der Waals surface area contributed by atoms with E-state index in [1.54, 1.807) is 24.5 Å². The Morgan fingerprint density at radius 3 is 3.00 bits per heavy atom. The summed E-state index contributed by atoms with van der Waals surface area (Å²) in [6, 6.07) is 8.92. The van der Waals surface area contributed by atoms with E-state index in [1.165, 1.54) is 17.8 Å². The normalized spacial score (nSPS) is 11.0. The molecular formula is C18H15N5O3. The van der Waals surface area contributed by atoms with E-state index in [4.69, 9.17) is 4.74 Å². The third-order valence-electron chi connectivity index (χ3n) is 4.06. The Morgan fingerprint density at radius 1 is 1.31 bits per heavy atom. The highest BCUT2D eigenvalue weighted by atomic mass is 16.5. The van der Waals surface area contributed by atoms with Gasteiger partial charge in [-0.05, 0) is 30.3 Å². The number of fused-ring (bicyclic) bond motifs is 2. The third-order valence-corrected chi connectivity index (χ3v) is 4.06. The highest BCUT2D eigenvalue weighted by molar-refractivity contribution is 5.82. The summed E-state index contributed by atoms with van der Waals surface area (Å²) in [6.07, 6.45) is 4.77. The first-order chi connectivity index (χ1) is 12.7. The lowest BCUT2D eigenvalue weighted by Gasteiger charge is -2.13. The molecule has 0 aliphatic heterocycles. The molecule has 8 nitrogen and oxygen atoms in total. The number of methoxy groups -OCH3 is 1. The molecule has 0 amide bonds. The molecule has 0 saturated heterocycles. The summed E-state index contributed by atoms with van der Waals surface area (Å²) >= 11 is 0. The fourth-order valence-electron chi connectivity index (χ4n) is 2.78. The molecule has 0 aliphatic carbocycles. The van der Waals surface area contributed by atoms with E-state index in [2.05, 4.69) is 20.3 Å². The Kier molecular flexibility index (Phi) is 3.94. The topological polar surface area (TPSA) is 102 Å². The standard InChI is InChI=1S/C18H15N5O3/c1-26-15-3-2-6-23-17(15)22-16(13(9-24)18(23)25)21-12-4-5-14-11(7-12)8-19-10-20-14/h2-8,10,21,24H,9H2,1H3. The monoisotopic (exact) mass is 349 g/mol. The maximum Gasteiger partial charge on any atom is 0.265 e. The highest BCUT2D eigenvalue weighted by Gasteiger charge is 2.15. The van der Waals surface area contributed by atoms with Crippen LogP contribution in [-0.4, -0.2) is 31.6 Å². The SMILES string of the molecule is COc1cccn2c(=O)c(CO)c(Nc3ccc4ncncc4c3)nc12. The summed E-state index contributed by atoms with van der Waals surface area (Å²) < 4.78 is 6.64. The third kappa shape index (κ3) is 2.62. The number of rotatable bonds is 4. The number of aliphatic hydroxyl groups is 1. The predicted molar refractivity (Wildman–Crippen MR) is 96.8 cm³/mol. The second kappa shape index (κ2) is 6.41. The zero-order valence-electron chi connectivity index (χ0n) is 13.9. The van der Waals surface area contributed by atoms with Gasteiger partial charge in [0.1, 0.15) is 12.1 Å². The van der Waals surface area contributed by atoms with Gasteiger partial charge >= 0.3 is 0 Å². The van der Waals surface area contributed by atoms with Crippen LogP contribution in [0.4, 0.5) is 11.5 Å². The van der Waals surface area contributed by atoms with Gasteiger partial charge in [-0.15, -0.1) is 0 Å². The van der Waals surface area contributed by atoms with Crippen LogP contribution in [0.3, 0.4) is 0 Å². The van der Waals surface area contributed by atoms with Crippen LogP contribution in [0, 0.1) is 0 Å². The van der Waals surface area contributed by atoms with E-state index >= 15 is 0 Å². The maximum atomic E-state index is 12.7. The van der Waals surface area contributed by atoms with Gasteiger partial charge in [0.05, 0.1) is 24.8 Å². The molecule has 130 valence electrons. The van der Waals surface area contributed by atoms with Crippen molar-refractivity contribution in [1.82, 2.24) is 19.4 Å². The predicted octanol–water partition coefficient (Wildman–Crippen LogP) is 1.88. The van der Waals surface area contributed by atoms with Gasteiger partial charge in [0.2, 0.25) is 0 Å². The van der Waals surface area contributed by atoms with E-state index in [0.717, 1.165) is 10.9 Å². The van der Waals surface area contributed by atoms with Crippen LogP contribution in [0.5, 0.6) is 5.75 Å². The molecule has 0 fully saturated rings. The lowest BCUT2D eigenvalue weighted by Crippen LogP contribution is -2.22. The number of anilines is 2. The zero-order chi connectivity index (χ0) is 18.1. The van der Waals surface area contributed by atoms with Gasteiger partial charge < -0.3 is 15.2 Å². The maximum absolute atomic E-state index is 12.7. The van der Waals surface area contributed by atoms with E-state index in [1.807, 2.05) is 18.2 Å². The molecule has 8 heteroatoms. The minimum atomic E-state index is -0.439. The van der Waals surface area contributed by atoms with Gasteiger partial charge in [-0.25, -0.2) is 15.0 Å². The van der Waals surface area contributed by atoms with Crippen molar-refractivity contribution in [3.8, 4) is 5.75 Å². The molecule has 4 rings (SSSR count). The summed E-state index contributed by atoms with van der Waals surface area (Å²) in [5.74, 6) is 0.738. The van der Waals surface area contributed by atoms with E-state index < -0.39 is 6.61 Å². The van der Waals surface area contributed by atoms with Crippen molar-refractivity contribution in [2.24, 2.45) is 0 Å². The number of aromatic nitrogens is 4. The van der Waals surface area contributed by atoms with Crippen molar-refractivity contribution in [1.29, 1.82) is 0 Å². The van der Waals surface area contributed by atoms with Gasteiger partial charge in [-0.1, -0.05) is 0 Å². The number of nitrogens with one attached hydrogen (secondary N) is 1. The minimum absolute atomic E-state index is 0.167. The second-order valence-electron chi connectivity index (χ2n) is 5.59. The molecule has 3 heterocycles. The molecular weight excluding hydrogens is 334 g/mol. The summed E-state index contributed by atoms with van der Waals surface area (Å²) in [5, 5.41) is 13.6. The van der Waals surface area contributed by atoms with E-state index in [0.29, 0.717) is 17.1 Å². The van der Waals surface area contributed by atoms with Crippen molar-refractivity contribution in [2.45, 2.75) is 6.61 Å². The average Bonchev–Trinajstić information content (AvgIpc) is 2.68. The molecule has 0 aliphatic rings. The fraction of sp³-hybridized carbons (Fsp3) is 0.111. The highest BCUT2D eigenvalue weighted by Crippen LogP contribution is 2.24.